The summed E-state index contributed by atoms with van der Waals surface area (Å²) < 4.78 is 19.1. The summed E-state index contributed by atoms with van der Waals surface area (Å²) in [6.07, 6.45) is 0. The van der Waals surface area contributed by atoms with E-state index < -0.39 is 0 Å². The van der Waals surface area contributed by atoms with Gasteiger partial charge >= 0.3 is 0 Å². The topological polar surface area (TPSA) is 21.3 Å². The van der Waals surface area contributed by atoms with E-state index in [2.05, 4.69) is 11.4 Å². The van der Waals surface area contributed by atoms with Crippen LogP contribution in [0.25, 0.3) is 0 Å². The minimum atomic E-state index is -0.191. The van der Waals surface area contributed by atoms with Crippen molar-refractivity contribution >= 4 is 0 Å². The predicted molar refractivity (Wildman–Crippen MR) is 77.6 cm³/mol. The van der Waals surface area contributed by atoms with Crippen molar-refractivity contribution in [1.29, 1.82) is 0 Å². The first-order chi connectivity index (χ1) is 9.70. The van der Waals surface area contributed by atoms with Gasteiger partial charge in [0.05, 0.1) is 6.61 Å². The second-order valence-corrected chi connectivity index (χ2v) is 5.22. The Morgan fingerprint density at radius 2 is 2.05 bits per heavy atom. The second-order valence-electron chi connectivity index (χ2n) is 5.22. The molecule has 104 valence electrons. The first-order valence-electron chi connectivity index (χ1n) is 6.85. The zero-order chi connectivity index (χ0) is 14.1. The van der Waals surface area contributed by atoms with E-state index in [0.717, 1.165) is 16.9 Å². The molecule has 0 saturated heterocycles. The number of rotatable bonds is 3. The smallest absolute Gasteiger partial charge is 0.123 e. The van der Waals surface area contributed by atoms with E-state index in [4.69, 9.17) is 4.74 Å². The molecule has 1 N–H and O–H groups in total. The molecule has 0 aromatic heterocycles. The van der Waals surface area contributed by atoms with Crippen molar-refractivity contribution in [3.8, 4) is 5.75 Å². The zero-order valence-electron chi connectivity index (χ0n) is 11.7. The Morgan fingerprint density at radius 1 is 1.25 bits per heavy atom. The minimum absolute atomic E-state index is 0.124. The number of hydrogen-bond donors (Lipinski definition) is 1. The molecule has 3 heteroatoms. The largest absolute Gasteiger partial charge is 0.493 e. The number of aryl methyl sites for hydroxylation is 1. The molecule has 1 aliphatic heterocycles. The monoisotopic (exact) mass is 271 g/mol. The van der Waals surface area contributed by atoms with Gasteiger partial charge in [-0.05, 0) is 43.3 Å². The highest BCUT2D eigenvalue weighted by Crippen LogP contribution is 2.41. The van der Waals surface area contributed by atoms with E-state index in [9.17, 15) is 4.39 Å². The maximum atomic E-state index is 13.3. The number of halogens is 1. The predicted octanol–water partition coefficient (Wildman–Crippen LogP) is 3.57. The van der Waals surface area contributed by atoms with Gasteiger partial charge in [-0.1, -0.05) is 24.3 Å². The van der Waals surface area contributed by atoms with E-state index in [1.807, 2.05) is 38.2 Å². The number of hydrogen-bond acceptors (Lipinski definition) is 2. The third kappa shape index (κ3) is 2.18. The number of para-hydroxylation sites is 1. The average Bonchev–Trinajstić information content (AvgIpc) is 2.86. The lowest BCUT2D eigenvalue weighted by Gasteiger charge is -2.24. The van der Waals surface area contributed by atoms with Crippen LogP contribution in [0.1, 0.15) is 28.7 Å². The summed E-state index contributed by atoms with van der Waals surface area (Å²) in [5.74, 6) is 1.02. The first-order valence-corrected chi connectivity index (χ1v) is 6.85. The Hall–Kier alpha value is -1.87. The van der Waals surface area contributed by atoms with Crippen molar-refractivity contribution in [2.24, 2.45) is 0 Å². The maximum absolute atomic E-state index is 13.3. The lowest BCUT2D eigenvalue weighted by Crippen LogP contribution is -2.25. The van der Waals surface area contributed by atoms with Crippen LogP contribution in [0.3, 0.4) is 0 Å². The summed E-state index contributed by atoms with van der Waals surface area (Å²) in [6.45, 7) is 2.60. The van der Waals surface area contributed by atoms with Gasteiger partial charge in [0.15, 0.2) is 0 Å². The number of benzene rings is 2. The van der Waals surface area contributed by atoms with E-state index in [1.165, 1.54) is 11.6 Å². The number of fused-ring (bicyclic) bond motifs is 1. The molecule has 3 rings (SSSR count). The van der Waals surface area contributed by atoms with Gasteiger partial charge in [-0.3, -0.25) is 0 Å². The van der Waals surface area contributed by atoms with Crippen molar-refractivity contribution in [3.63, 3.8) is 0 Å². The van der Waals surface area contributed by atoms with Gasteiger partial charge in [0.1, 0.15) is 11.6 Å². The van der Waals surface area contributed by atoms with Crippen molar-refractivity contribution < 1.29 is 9.13 Å². The fourth-order valence-electron chi connectivity index (χ4n) is 3.02. The van der Waals surface area contributed by atoms with Crippen LogP contribution >= 0.6 is 0 Å². The van der Waals surface area contributed by atoms with E-state index in [0.29, 0.717) is 6.61 Å². The summed E-state index contributed by atoms with van der Waals surface area (Å²) in [6, 6.07) is 13.2. The Bertz CT molecular complexity index is 626. The van der Waals surface area contributed by atoms with Crippen LogP contribution in [0.2, 0.25) is 0 Å². The Balaban J connectivity index is 1.99. The third-order valence-corrected chi connectivity index (χ3v) is 4.02. The summed E-state index contributed by atoms with van der Waals surface area (Å²) in [5.41, 5.74) is 3.31. The SMILES string of the molecule is CNC(c1ccc(F)cc1C)C1COc2ccccc21. The molecular formula is C17H18FNO. The Labute approximate surface area is 118 Å². The highest BCUT2D eigenvalue weighted by atomic mass is 19.1. The molecule has 2 aromatic carbocycles. The summed E-state index contributed by atoms with van der Waals surface area (Å²) in [4.78, 5) is 0. The molecule has 20 heavy (non-hydrogen) atoms. The van der Waals surface area contributed by atoms with Gasteiger partial charge in [-0.25, -0.2) is 4.39 Å². The molecule has 0 saturated carbocycles. The van der Waals surface area contributed by atoms with Crippen LogP contribution in [0.5, 0.6) is 5.75 Å². The normalized spacial score (nSPS) is 18.4. The van der Waals surface area contributed by atoms with Crippen LogP contribution in [-0.2, 0) is 0 Å². The molecule has 0 spiro atoms. The minimum Gasteiger partial charge on any atom is -0.493 e. The molecule has 2 aromatic rings. The van der Waals surface area contributed by atoms with Crippen LogP contribution in [0.4, 0.5) is 4.39 Å². The van der Waals surface area contributed by atoms with E-state index in [-0.39, 0.29) is 17.8 Å². The second kappa shape index (κ2) is 5.25. The molecule has 2 unspecified atom stereocenters. The Kier molecular flexibility index (Phi) is 3.45. The molecule has 1 aliphatic rings. The molecule has 0 amide bonds. The molecule has 0 radical (unpaired) electrons. The van der Waals surface area contributed by atoms with Crippen molar-refractivity contribution in [1.82, 2.24) is 5.32 Å². The van der Waals surface area contributed by atoms with Gasteiger partial charge in [-0.15, -0.1) is 0 Å². The Morgan fingerprint density at radius 3 is 2.80 bits per heavy atom. The molecule has 0 bridgehead atoms. The van der Waals surface area contributed by atoms with Gasteiger partial charge < -0.3 is 10.1 Å². The molecule has 0 aliphatic carbocycles. The van der Waals surface area contributed by atoms with Crippen molar-refractivity contribution in [2.45, 2.75) is 18.9 Å². The summed E-state index contributed by atoms with van der Waals surface area (Å²) >= 11 is 0. The quantitative estimate of drug-likeness (QED) is 0.921. The number of ether oxygens (including phenoxy) is 1. The highest BCUT2D eigenvalue weighted by Gasteiger charge is 2.32. The van der Waals surface area contributed by atoms with Crippen LogP contribution in [-0.4, -0.2) is 13.7 Å². The van der Waals surface area contributed by atoms with Gasteiger partial charge in [0, 0.05) is 17.5 Å². The van der Waals surface area contributed by atoms with Crippen LogP contribution in [0, 0.1) is 12.7 Å². The lowest BCUT2D eigenvalue weighted by molar-refractivity contribution is 0.304. The van der Waals surface area contributed by atoms with Gasteiger partial charge in [0.25, 0.3) is 0 Å². The molecular weight excluding hydrogens is 253 g/mol. The first kappa shape index (κ1) is 13.1. The van der Waals surface area contributed by atoms with Gasteiger partial charge in [0.2, 0.25) is 0 Å². The molecule has 0 fully saturated rings. The van der Waals surface area contributed by atoms with E-state index >= 15 is 0 Å². The lowest BCUT2D eigenvalue weighted by atomic mass is 9.86. The summed E-state index contributed by atoms with van der Waals surface area (Å²) in [5, 5.41) is 3.36. The van der Waals surface area contributed by atoms with Crippen molar-refractivity contribution in [2.75, 3.05) is 13.7 Å². The molecule has 2 atom stereocenters. The molecule has 2 nitrogen and oxygen atoms in total. The fraction of sp³-hybridized carbons (Fsp3) is 0.294. The summed E-state index contributed by atoms with van der Waals surface area (Å²) in [7, 11) is 1.94. The maximum Gasteiger partial charge on any atom is 0.123 e. The average molecular weight is 271 g/mol. The number of likely N-dealkylation sites (N-methyl/N-ethyl adjacent to an activating group) is 1. The highest BCUT2D eigenvalue weighted by molar-refractivity contribution is 5.43. The van der Waals surface area contributed by atoms with Gasteiger partial charge in [-0.2, -0.15) is 0 Å². The number of nitrogens with one attached hydrogen (secondary N) is 1. The zero-order valence-corrected chi connectivity index (χ0v) is 11.7. The van der Waals surface area contributed by atoms with Crippen LogP contribution in [0.15, 0.2) is 42.5 Å². The standard InChI is InChI=1S/C17H18FNO/c1-11-9-12(18)7-8-13(11)17(19-2)15-10-20-16-6-4-3-5-14(15)16/h3-9,15,17,19H,10H2,1-2H3. The third-order valence-electron chi connectivity index (χ3n) is 4.02. The molecule has 1 heterocycles. The van der Waals surface area contributed by atoms with Crippen LogP contribution < -0.4 is 10.1 Å². The van der Waals surface area contributed by atoms with E-state index in [1.54, 1.807) is 6.07 Å². The fourth-order valence-corrected chi connectivity index (χ4v) is 3.02. The van der Waals surface area contributed by atoms with Crippen molar-refractivity contribution in [3.05, 3.63) is 65.0 Å².